The van der Waals surface area contributed by atoms with Crippen LogP contribution in [0.15, 0.2) is 128 Å². The van der Waals surface area contributed by atoms with Gasteiger partial charge in [-0.3, -0.25) is 0 Å². The molecule has 8 heteroatoms. The largest absolute Gasteiger partial charge is 0.416 e. The molecule has 0 amide bonds. The van der Waals surface area contributed by atoms with Crippen LogP contribution in [0, 0.1) is 0 Å². The summed E-state index contributed by atoms with van der Waals surface area (Å²) in [4.78, 5) is 9.41. The second kappa shape index (κ2) is 10.9. The van der Waals surface area contributed by atoms with Gasteiger partial charge in [-0.15, -0.1) is 0 Å². The highest BCUT2D eigenvalue weighted by atomic mass is 19.4. The van der Waals surface area contributed by atoms with Crippen molar-refractivity contribution < 1.29 is 26.3 Å². The number of pyridine rings is 2. The van der Waals surface area contributed by atoms with Crippen LogP contribution >= 0.6 is 0 Å². The van der Waals surface area contributed by atoms with Gasteiger partial charge in [-0.1, -0.05) is 84.9 Å². The molecule has 0 spiro atoms. The zero-order chi connectivity index (χ0) is 33.3. The van der Waals surface area contributed by atoms with Crippen molar-refractivity contribution in [2.75, 3.05) is 0 Å². The number of fused-ring (bicyclic) bond motifs is 6. The van der Waals surface area contributed by atoms with Crippen molar-refractivity contribution in [2.24, 2.45) is 0 Å². The summed E-state index contributed by atoms with van der Waals surface area (Å²) in [5.74, 6) is -0.305. The van der Waals surface area contributed by atoms with Crippen molar-refractivity contribution in [3.8, 4) is 0 Å². The molecule has 0 saturated carbocycles. The highest BCUT2D eigenvalue weighted by Crippen LogP contribution is 2.55. The van der Waals surface area contributed by atoms with Gasteiger partial charge in [-0.25, -0.2) is 9.97 Å². The van der Waals surface area contributed by atoms with Crippen LogP contribution in [-0.4, -0.2) is 9.97 Å². The molecule has 0 bridgehead atoms. The Hall–Kier alpha value is -5.24. The summed E-state index contributed by atoms with van der Waals surface area (Å²) in [6.45, 7) is 0. The topological polar surface area (TPSA) is 25.8 Å². The van der Waals surface area contributed by atoms with Gasteiger partial charge in [-0.05, 0) is 93.0 Å². The van der Waals surface area contributed by atoms with E-state index in [2.05, 4.69) is 4.98 Å². The number of hydrogen-bond donors (Lipinski definition) is 0. The maximum atomic E-state index is 14.2. The Morgan fingerprint density at radius 1 is 0.583 bits per heavy atom. The van der Waals surface area contributed by atoms with E-state index >= 15 is 0 Å². The second-order valence-corrected chi connectivity index (χ2v) is 12.3. The van der Waals surface area contributed by atoms with Crippen LogP contribution < -0.4 is 0 Å². The summed E-state index contributed by atoms with van der Waals surface area (Å²) >= 11 is 0. The molecule has 1 atom stereocenters. The molecule has 48 heavy (non-hydrogen) atoms. The number of rotatable bonds is 3. The molecule has 2 aromatic heterocycles. The highest BCUT2D eigenvalue weighted by Gasteiger charge is 2.46. The van der Waals surface area contributed by atoms with Crippen LogP contribution in [0.4, 0.5) is 26.3 Å². The molecule has 2 heterocycles. The zero-order valence-corrected chi connectivity index (χ0v) is 25.3. The molecule has 1 aliphatic rings. The third-order valence-electron chi connectivity index (χ3n) is 9.79. The van der Waals surface area contributed by atoms with Gasteiger partial charge >= 0.3 is 12.4 Å². The first-order valence-corrected chi connectivity index (χ1v) is 15.6. The van der Waals surface area contributed by atoms with Gasteiger partial charge in [0.25, 0.3) is 0 Å². The lowest BCUT2D eigenvalue weighted by molar-refractivity contribution is -0.138. The van der Waals surface area contributed by atoms with Gasteiger partial charge in [0.05, 0.1) is 16.8 Å². The SMILES string of the molecule is FC(F)(F)c1cccc(C2(c3cccc(C(F)(F)F)c3)CCC(c3ccc4cccnc4n3)c3c2ccc2c3ccc3ccccc32)c1. The van der Waals surface area contributed by atoms with Gasteiger partial charge in [-0.2, -0.15) is 26.3 Å². The van der Waals surface area contributed by atoms with Crippen molar-refractivity contribution in [3.05, 3.63) is 167 Å². The Morgan fingerprint density at radius 3 is 1.94 bits per heavy atom. The average molecular weight is 649 g/mol. The van der Waals surface area contributed by atoms with E-state index in [9.17, 15) is 26.3 Å². The second-order valence-electron chi connectivity index (χ2n) is 12.3. The lowest BCUT2D eigenvalue weighted by atomic mass is 9.58. The minimum atomic E-state index is -4.64. The number of hydrogen-bond acceptors (Lipinski definition) is 2. The molecule has 0 N–H and O–H groups in total. The van der Waals surface area contributed by atoms with Gasteiger partial charge < -0.3 is 0 Å². The van der Waals surface area contributed by atoms with Gasteiger partial charge in [0.1, 0.15) is 0 Å². The number of aromatic nitrogens is 2. The quantitative estimate of drug-likeness (QED) is 0.141. The number of benzene rings is 5. The third-order valence-corrected chi connectivity index (χ3v) is 9.79. The molecule has 2 nitrogen and oxygen atoms in total. The summed E-state index contributed by atoms with van der Waals surface area (Å²) in [6, 6.07) is 33.5. The maximum Gasteiger partial charge on any atom is 0.416 e. The lowest BCUT2D eigenvalue weighted by Crippen LogP contribution is -2.36. The van der Waals surface area contributed by atoms with E-state index in [0.29, 0.717) is 17.6 Å². The first kappa shape index (κ1) is 30.1. The van der Waals surface area contributed by atoms with Gasteiger partial charge in [0, 0.05) is 22.9 Å². The molecule has 5 aromatic carbocycles. The predicted octanol–water partition coefficient (Wildman–Crippen LogP) is 11.2. The molecule has 0 radical (unpaired) electrons. The molecular formula is C40H26F6N2. The van der Waals surface area contributed by atoms with Crippen LogP contribution in [-0.2, 0) is 17.8 Å². The van der Waals surface area contributed by atoms with E-state index in [-0.39, 0.29) is 23.5 Å². The predicted molar refractivity (Wildman–Crippen MR) is 175 cm³/mol. The van der Waals surface area contributed by atoms with Crippen molar-refractivity contribution in [1.82, 2.24) is 9.97 Å². The fraction of sp³-hybridized carbons (Fsp3) is 0.150. The van der Waals surface area contributed by atoms with E-state index in [1.807, 2.05) is 72.8 Å². The van der Waals surface area contributed by atoms with Crippen molar-refractivity contribution >= 4 is 32.6 Å². The Bertz CT molecular complexity index is 2300. The average Bonchev–Trinajstić information content (AvgIpc) is 3.10. The third kappa shape index (κ3) is 4.81. The van der Waals surface area contributed by atoms with Crippen LogP contribution in [0.3, 0.4) is 0 Å². The molecular weight excluding hydrogens is 622 g/mol. The minimum Gasteiger partial charge on any atom is -0.237 e. The molecule has 1 aliphatic carbocycles. The fourth-order valence-electron chi connectivity index (χ4n) is 7.64. The summed E-state index contributed by atoms with van der Waals surface area (Å²) in [7, 11) is 0. The lowest BCUT2D eigenvalue weighted by Gasteiger charge is -2.44. The van der Waals surface area contributed by atoms with Crippen LogP contribution in [0.5, 0.6) is 0 Å². The summed E-state index contributed by atoms with van der Waals surface area (Å²) < 4.78 is 85.1. The number of alkyl halides is 6. The molecule has 238 valence electrons. The fourth-order valence-corrected chi connectivity index (χ4v) is 7.64. The summed E-state index contributed by atoms with van der Waals surface area (Å²) in [6.07, 6.45) is -6.96. The van der Waals surface area contributed by atoms with E-state index in [4.69, 9.17) is 4.98 Å². The first-order valence-electron chi connectivity index (χ1n) is 15.6. The van der Waals surface area contributed by atoms with Gasteiger partial charge in [0.15, 0.2) is 5.65 Å². The Morgan fingerprint density at radius 2 is 1.23 bits per heavy atom. The normalized spacial score (nSPS) is 16.3. The van der Waals surface area contributed by atoms with E-state index in [0.717, 1.165) is 62.5 Å². The van der Waals surface area contributed by atoms with Crippen molar-refractivity contribution in [2.45, 2.75) is 36.5 Å². The number of nitrogens with zero attached hydrogens (tertiary/aromatic N) is 2. The Labute approximate surface area is 271 Å². The Balaban J connectivity index is 1.48. The maximum absolute atomic E-state index is 14.2. The zero-order valence-electron chi connectivity index (χ0n) is 25.3. The van der Waals surface area contributed by atoms with Crippen LogP contribution in [0.25, 0.3) is 32.6 Å². The highest BCUT2D eigenvalue weighted by molar-refractivity contribution is 6.09. The van der Waals surface area contributed by atoms with Crippen molar-refractivity contribution in [1.29, 1.82) is 0 Å². The molecule has 0 fully saturated rings. The summed E-state index contributed by atoms with van der Waals surface area (Å²) in [5.41, 5.74) is 0.316. The van der Waals surface area contributed by atoms with E-state index in [1.54, 1.807) is 18.3 Å². The van der Waals surface area contributed by atoms with Crippen LogP contribution in [0.2, 0.25) is 0 Å². The van der Waals surface area contributed by atoms with E-state index in [1.165, 1.54) is 12.1 Å². The van der Waals surface area contributed by atoms with Gasteiger partial charge in [0.2, 0.25) is 0 Å². The Kier molecular flexibility index (Phi) is 6.84. The summed E-state index contributed by atoms with van der Waals surface area (Å²) in [5, 5.41) is 4.71. The smallest absolute Gasteiger partial charge is 0.237 e. The molecule has 0 aliphatic heterocycles. The van der Waals surface area contributed by atoms with Crippen molar-refractivity contribution in [3.63, 3.8) is 0 Å². The molecule has 0 saturated heterocycles. The monoisotopic (exact) mass is 648 g/mol. The molecule has 8 rings (SSSR count). The van der Waals surface area contributed by atoms with Crippen LogP contribution in [0.1, 0.15) is 57.8 Å². The molecule has 1 unspecified atom stereocenters. The first-order chi connectivity index (χ1) is 23.0. The number of halogens is 6. The molecule has 7 aromatic rings. The minimum absolute atomic E-state index is 0.244. The standard InChI is InChI=1S/C40H26F6N2/c41-39(42,43)28-10-3-8-26(22-28)38(27-9-4-11-29(23-27)40(44,45)46)20-19-33(35-18-14-25-7-5-21-47-37(25)48-35)36-32-15-13-24-6-1-2-12-30(24)31(32)16-17-34(36)38/h1-18,21-23,33H,19-20H2. The van der Waals surface area contributed by atoms with E-state index < -0.39 is 28.9 Å².